The van der Waals surface area contributed by atoms with E-state index in [0.717, 1.165) is 23.6 Å². The second kappa shape index (κ2) is 10.4. The van der Waals surface area contributed by atoms with Gasteiger partial charge in [-0.15, -0.1) is 0 Å². The van der Waals surface area contributed by atoms with Crippen molar-refractivity contribution in [2.24, 2.45) is 4.99 Å². The summed E-state index contributed by atoms with van der Waals surface area (Å²) in [7, 11) is 1.84. The number of imidazole rings is 1. The first-order chi connectivity index (χ1) is 13.3. The third kappa shape index (κ3) is 6.03. The van der Waals surface area contributed by atoms with Crippen LogP contribution >= 0.6 is 11.8 Å². The molecule has 0 radical (unpaired) electrons. The summed E-state index contributed by atoms with van der Waals surface area (Å²) >= 11 is 2.09. The number of guanidine groups is 1. The zero-order valence-electron chi connectivity index (χ0n) is 16.4. The molecule has 0 saturated heterocycles. The van der Waals surface area contributed by atoms with E-state index in [0.29, 0.717) is 12.6 Å². The first-order valence-electron chi connectivity index (χ1n) is 9.91. The van der Waals surface area contributed by atoms with Gasteiger partial charge in [0, 0.05) is 37.3 Å². The number of thioether (sulfide) groups is 1. The molecule has 2 N–H and O–H groups in total. The Morgan fingerprint density at radius 3 is 2.93 bits per heavy atom. The number of nitrogens with zero attached hydrogens (tertiary/aromatic N) is 3. The zero-order valence-corrected chi connectivity index (χ0v) is 17.2. The van der Waals surface area contributed by atoms with Crippen molar-refractivity contribution in [2.75, 3.05) is 12.8 Å². The molecule has 27 heavy (non-hydrogen) atoms. The Hall–Kier alpha value is -1.95. The van der Waals surface area contributed by atoms with E-state index in [1.807, 2.05) is 25.5 Å². The topological polar surface area (TPSA) is 54.2 Å². The second-order valence-electron chi connectivity index (χ2n) is 6.97. The lowest BCUT2D eigenvalue weighted by atomic mass is 9.95. The molecular weight excluding hydrogens is 354 g/mol. The van der Waals surface area contributed by atoms with Crippen LogP contribution in [0.4, 0.5) is 0 Å². The van der Waals surface area contributed by atoms with Gasteiger partial charge in [0.25, 0.3) is 0 Å². The molecule has 1 aromatic carbocycles. The molecule has 2 unspecified atom stereocenters. The predicted octanol–water partition coefficient (Wildman–Crippen LogP) is 3.66. The van der Waals surface area contributed by atoms with Crippen LogP contribution in [0, 0.1) is 0 Å². The maximum Gasteiger partial charge on any atom is 0.191 e. The highest BCUT2D eigenvalue weighted by Gasteiger charge is 2.22. The van der Waals surface area contributed by atoms with Crippen molar-refractivity contribution in [3.63, 3.8) is 0 Å². The number of hydrogen-bond acceptors (Lipinski definition) is 3. The molecule has 146 valence electrons. The molecule has 1 aliphatic rings. The fourth-order valence-electron chi connectivity index (χ4n) is 3.65. The fourth-order valence-corrected chi connectivity index (χ4v) is 4.82. The van der Waals surface area contributed by atoms with E-state index >= 15 is 0 Å². The lowest BCUT2D eigenvalue weighted by molar-refractivity contribution is 0.418. The van der Waals surface area contributed by atoms with Gasteiger partial charge in [0.05, 0.1) is 6.54 Å². The van der Waals surface area contributed by atoms with E-state index in [1.165, 1.54) is 37.0 Å². The highest BCUT2D eigenvalue weighted by Crippen LogP contribution is 2.28. The average molecular weight is 386 g/mol. The van der Waals surface area contributed by atoms with Gasteiger partial charge in [0.1, 0.15) is 5.82 Å². The molecule has 0 bridgehead atoms. The van der Waals surface area contributed by atoms with Gasteiger partial charge in [-0.05, 0) is 30.6 Å². The molecule has 3 rings (SSSR count). The Balaban J connectivity index is 1.52. The van der Waals surface area contributed by atoms with Gasteiger partial charge in [0.2, 0.25) is 0 Å². The largest absolute Gasteiger partial charge is 0.354 e. The summed E-state index contributed by atoms with van der Waals surface area (Å²) in [5, 5.41) is 7.84. The third-order valence-corrected chi connectivity index (χ3v) is 6.24. The standard InChI is InChI=1S/C21H31N5S/c1-3-27-19-11-7-10-18(14-19)25-21(22-2)24-15-20-23-12-13-26(20)16-17-8-5-4-6-9-17/h4-6,8-9,12-13,18-19H,3,7,10-11,14-16H2,1-2H3,(H2,22,24,25). The Labute approximate surface area is 167 Å². The van der Waals surface area contributed by atoms with Crippen molar-refractivity contribution in [1.82, 2.24) is 20.2 Å². The van der Waals surface area contributed by atoms with Crippen LogP contribution in [-0.4, -0.2) is 39.6 Å². The summed E-state index contributed by atoms with van der Waals surface area (Å²) < 4.78 is 2.18. The molecule has 2 aromatic rings. The summed E-state index contributed by atoms with van der Waals surface area (Å²) in [6.45, 7) is 3.75. The van der Waals surface area contributed by atoms with Crippen LogP contribution in [-0.2, 0) is 13.1 Å². The zero-order chi connectivity index (χ0) is 18.9. The molecule has 1 heterocycles. The first-order valence-corrected chi connectivity index (χ1v) is 11.0. The quantitative estimate of drug-likeness (QED) is 0.564. The molecule has 6 heteroatoms. The molecule has 1 aromatic heterocycles. The van der Waals surface area contributed by atoms with E-state index in [4.69, 9.17) is 0 Å². The van der Waals surface area contributed by atoms with Crippen LogP contribution in [0.25, 0.3) is 0 Å². The van der Waals surface area contributed by atoms with Crippen LogP contribution in [0.15, 0.2) is 47.7 Å². The van der Waals surface area contributed by atoms with Gasteiger partial charge in [-0.25, -0.2) is 4.98 Å². The minimum Gasteiger partial charge on any atom is -0.354 e. The number of nitrogens with one attached hydrogen (secondary N) is 2. The molecule has 5 nitrogen and oxygen atoms in total. The predicted molar refractivity (Wildman–Crippen MR) is 115 cm³/mol. The minimum atomic E-state index is 0.512. The van der Waals surface area contributed by atoms with Gasteiger partial charge in [-0.3, -0.25) is 4.99 Å². The molecule has 1 saturated carbocycles. The van der Waals surface area contributed by atoms with Crippen molar-refractivity contribution in [3.05, 3.63) is 54.1 Å². The number of benzene rings is 1. The van der Waals surface area contributed by atoms with E-state index in [1.54, 1.807) is 0 Å². The van der Waals surface area contributed by atoms with Crippen molar-refractivity contribution in [2.45, 2.75) is 57.0 Å². The Morgan fingerprint density at radius 1 is 1.30 bits per heavy atom. The Kier molecular flexibility index (Phi) is 7.63. The lowest BCUT2D eigenvalue weighted by Gasteiger charge is -2.30. The molecule has 1 fully saturated rings. The monoisotopic (exact) mass is 385 g/mol. The van der Waals surface area contributed by atoms with Crippen LogP contribution < -0.4 is 10.6 Å². The summed E-state index contributed by atoms with van der Waals surface area (Å²) in [5.41, 5.74) is 1.28. The van der Waals surface area contributed by atoms with Crippen molar-refractivity contribution >= 4 is 17.7 Å². The molecule has 0 spiro atoms. The van der Waals surface area contributed by atoms with Gasteiger partial charge < -0.3 is 15.2 Å². The maximum atomic E-state index is 4.52. The number of aromatic nitrogens is 2. The van der Waals surface area contributed by atoms with E-state index in [-0.39, 0.29) is 0 Å². The highest BCUT2D eigenvalue weighted by atomic mass is 32.2. The number of aliphatic imine (C=N–C) groups is 1. The van der Waals surface area contributed by atoms with E-state index < -0.39 is 0 Å². The first kappa shape index (κ1) is 19.8. The minimum absolute atomic E-state index is 0.512. The van der Waals surface area contributed by atoms with Crippen LogP contribution in [0.2, 0.25) is 0 Å². The molecule has 1 aliphatic carbocycles. The Bertz CT molecular complexity index is 710. The summed E-state index contributed by atoms with van der Waals surface area (Å²) in [5.74, 6) is 3.09. The molecule has 0 aliphatic heterocycles. The van der Waals surface area contributed by atoms with Gasteiger partial charge >= 0.3 is 0 Å². The third-order valence-electron chi connectivity index (χ3n) is 5.00. The maximum absolute atomic E-state index is 4.52. The summed E-state index contributed by atoms with van der Waals surface area (Å²) in [6, 6.07) is 11.0. The number of hydrogen-bond donors (Lipinski definition) is 2. The van der Waals surface area contributed by atoms with Crippen LogP contribution in [0.5, 0.6) is 0 Å². The average Bonchev–Trinajstić information content (AvgIpc) is 3.13. The van der Waals surface area contributed by atoms with Gasteiger partial charge in [-0.1, -0.05) is 43.7 Å². The lowest BCUT2D eigenvalue weighted by Crippen LogP contribution is -2.45. The van der Waals surface area contributed by atoms with Crippen LogP contribution in [0.1, 0.15) is 44.0 Å². The normalized spacial score (nSPS) is 20.4. The highest BCUT2D eigenvalue weighted by molar-refractivity contribution is 7.99. The van der Waals surface area contributed by atoms with Crippen molar-refractivity contribution < 1.29 is 0 Å². The van der Waals surface area contributed by atoms with Crippen molar-refractivity contribution in [3.8, 4) is 0 Å². The fraction of sp³-hybridized carbons (Fsp3) is 0.524. The van der Waals surface area contributed by atoms with Crippen LogP contribution in [0.3, 0.4) is 0 Å². The molecular formula is C21H31N5S. The summed E-state index contributed by atoms with van der Waals surface area (Å²) in [4.78, 5) is 8.93. The van der Waals surface area contributed by atoms with E-state index in [2.05, 4.69) is 68.1 Å². The van der Waals surface area contributed by atoms with Crippen molar-refractivity contribution in [1.29, 1.82) is 0 Å². The van der Waals surface area contributed by atoms with Gasteiger partial charge in [-0.2, -0.15) is 11.8 Å². The van der Waals surface area contributed by atoms with Gasteiger partial charge in [0.15, 0.2) is 5.96 Å². The second-order valence-corrected chi connectivity index (χ2v) is 8.55. The summed E-state index contributed by atoms with van der Waals surface area (Å²) in [6.07, 6.45) is 9.00. The molecule has 2 atom stereocenters. The smallest absolute Gasteiger partial charge is 0.191 e. The number of rotatable bonds is 7. The SMILES string of the molecule is CCSC1CCCC(NC(=NC)NCc2nccn2Cc2ccccc2)C1. The van der Waals surface area contributed by atoms with E-state index in [9.17, 15) is 0 Å². The Morgan fingerprint density at radius 2 is 2.15 bits per heavy atom. The molecule has 0 amide bonds.